The van der Waals surface area contributed by atoms with E-state index in [1.54, 1.807) is 0 Å². The van der Waals surface area contributed by atoms with Crippen LogP contribution in [0, 0.1) is 0 Å². The fourth-order valence-electron chi connectivity index (χ4n) is 0.214. The van der Waals surface area contributed by atoms with Crippen molar-refractivity contribution >= 4 is 5.97 Å². The van der Waals surface area contributed by atoms with Gasteiger partial charge in [0, 0.05) is 39.1 Å². The number of carbonyl (C=O) groups is 1. The minimum Gasteiger partial charge on any atom is -0.481 e. The summed E-state index contributed by atoms with van der Waals surface area (Å²) in [7, 11) is 0. The van der Waals surface area contributed by atoms with Crippen LogP contribution in [0.3, 0.4) is 0 Å². The van der Waals surface area contributed by atoms with Crippen molar-refractivity contribution in [3.05, 3.63) is 0 Å². The van der Waals surface area contributed by atoms with E-state index in [4.69, 9.17) is 5.11 Å². The molecule has 1 radical (unpaired) electrons. The van der Waals surface area contributed by atoms with E-state index in [1.165, 1.54) is 0 Å². The number of hydrogen-bond donors (Lipinski definition) is 1. The molecule has 0 spiro atoms. The zero-order valence-corrected chi connectivity index (χ0v) is 7.19. The molecule has 0 aromatic rings. The molecule has 0 unspecified atom stereocenters. The Kier molecular flexibility index (Phi) is 9.89. The van der Waals surface area contributed by atoms with E-state index in [-0.39, 0.29) is 32.7 Å². The summed E-state index contributed by atoms with van der Waals surface area (Å²) in [5.41, 5.74) is 0. The second kappa shape index (κ2) is 6.57. The topological polar surface area (TPSA) is 37.3 Å². The molecule has 0 saturated carbocycles. The van der Waals surface area contributed by atoms with Crippen LogP contribution in [0.1, 0.15) is 19.8 Å². The van der Waals surface area contributed by atoms with E-state index >= 15 is 0 Å². The number of carboxylic acids is 1. The largest absolute Gasteiger partial charge is 0.481 e. The molecule has 1 N–H and O–H groups in total. The molecule has 0 aromatic heterocycles. The molecular formula is C4H8O2Y. The second-order valence-electron chi connectivity index (χ2n) is 1.14. The van der Waals surface area contributed by atoms with E-state index in [2.05, 4.69) is 0 Å². The van der Waals surface area contributed by atoms with E-state index in [0.29, 0.717) is 6.42 Å². The first-order valence-corrected chi connectivity index (χ1v) is 1.99. The van der Waals surface area contributed by atoms with Gasteiger partial charge in [-0.2, -0.15) is 0 Å². The molecule has 0 atom stereocenters. The maximum atomic E-state index is 9.60. The van der Waals surface area contributed by atoms with Gasteiger partial charge in [-0.25, -0.2) is 0 Å². The third-order valence-corrected chi connectivity index (χ3v) is 0.464. The normalized spacial score (nSPS) is 7.00. The first-order valence-electron chi connectivity index (χ1n) is 1.99. The quantitative estimate of drug-likeness (QED) is 0.679. The van der Waals surface area contributed by atoms with Gasteiger partial charge in [-0.05, 0) is 6.42 Å². The first-order chi connectivity index (χ1) is 2.77. The summed E-state index contributed by atoms with van der Waals surface area (Å²) < 4.78 is 0. The van der Waals surface area contributed by atoms with Crippen LogP contribution in [0.15, 0.2) is 0 Å². The summed E-state index contributed by atoms with van der Waals surface area (Å²) in [5, 5.41) is 7.91. The minimum atomic E-state index is -0.711. The second-order valence-corrected chi connectivity index (χ2v) is 1.14. The zero-order chi connectivity index (χ0) is 4.99. The van der Waals surface area contributed by atoms with Crippen molar-refractivity contribution in [3.8, 4) is 0 Å². The summed E-state index contributed by atoms with van der Waals surface area (Å²) in [6, 6.07) is 0. The van der Waals surface area contributed by atoms with Crippen molar-refractivity contribution < 1.29 is 42.6 Å². The molecule has 0 aliphatic heterocycles. The molecule has 0 aliphatic rings. The Hall–Kier alpha value is 0.574. The summed E-state index contributed by atoms with van der Waals surface area (Å²) in [6.45, 7) is 1.84. The third-order valence-electron chi connectivity index (χ3n) is 0.464. The summed E-state index contributed by atoms with van der Waals surface area (Å²) in [4.78, 5) is 9.60. The van der Waals surface area contributed by atoms with Crippen LogP contribution in [0.2, 0.25) is 0 Å². The van der Waals surface area contributed by atoms with Crippen molar-refractivity contribution in [1.29, 1.82) is 0 Å². The Morgan fingerprint density at radius 2 is 2.14 bits per heavy atom. The van der Waals surface area contributed by atoms with Crippen molar-refractivity contribution in [2.75, 3.05) is 0 Å². The van der Waals surface area contributed by atoms with Crippen LogP contribution >= 0.6 is 0 Å². The predicted molar refractivity (Wildman–Crippen MR) is 22.5 cm³/mol. The van der Waals surface area contributed by atoms with E-state index in [1.807, 2.05) is 6.92 Å². The Morgan fingerprint density at radius 1 is 1.71 bits per heavy atom. The molecule has 0 heterocycles. The first kappa shape index (κ1) is 10.5. The molecule has 0 bridgehead atoms. The fourth-order valence-corrected chi connectivity index (χ4v) is 0.214. The van der Waals surface area contributed by atoms with Crippen LogP contribution in [-0.4, -0.2) is 11.1 Å². The molecule has 0 aliphatic carbocycles. The van der Waals surface area contributed by atoms with Gasteiger partial charge in [0.1, 0.15) is 0 Å². The van der Waals surface area contributed by atoms with Crippen molar-refractivity contribution in [3.63, 3.8) is 0 Å². The molecule has 0 rings (SSSR count). The van der Waals surface area contributed by atoms with Crippen LogP contribution in [0.5, 0.6) is 0 Å². The van der Waals surface area contributed by atoms with Crippen LogP contribution in [0.4, 0.5) is 0 Å². The van der Waals surface area contributed by atoms with Gasteiger partial charge >= 0.3 is 5.97 Å². The van der Waals surface area contributed by atoms with Crippen LogP contribution < -0.4 is 0 Å². The summed E-state index contributed by atoms with van der Waals surface area (Å²) in [5.74, 6) is -0.711. The van der Waals surface area contributed by atoms with E-state index < -0.39 is 5.97 Å². The fraction of sp³-hybridized carbons (Fsp3) is 0.750. The van der Waals surface area contributed by atoms with Crippen molar-refractivity contribution in [2.24, 2.45) is 0 Å². The van der Waals surface area contributed by atoms with E-state index in [9.17, 15) is 4.79 Å². The third kappa shape index (κ3) is 10.8. The molecule has 0 saturated heterocycles. The predicted octanol–water partition coefficient (Wildman–Crippen LogP) is 0.869. The van der Waals surface area contributed by atoms with Gasteiger partial charge in [0.05, 0.1) is 0 Å². The maximum Gasteiger partial charge on any atom is 0.303 e. The monoisotopic (exact) mass is 177 g/mol. The average molecular weight is 177 g/mol. The van der Waals surface area contributed by atoms with Crippen LogP contribution in [0.25, 0.3) is 0 Å². The Labute approximate surface area is 68.2 Å². The molecule has 0 aromatic carbocycles. The standard InChI is InChI=1S/C4H8O2.Y/c1-2-3-4(5)6;/h2-3H2,1H3,(H,5,6);. The molecule has 0 fully saturated rings. The van der Waals surface area contributed by atoms with Gasteiger partial charge in [-0.3, -0.25) is 4.79 Å². The Balaban J connectivity index is 0. The van der Waals surface area contributed by atoms with Crippen molar-refractivity contribution in [1.82, 2.24) is 0 Å². The van der Waals surface area contributed by atoms with Crippen LogP contribution in [-0.2, 0) is 37.5 Å². The number of carboxylic acid groups (broad SMARTS) is 1. The van der Waals surface area contributed by atoms with Gasteiger partial charge in [-0.15, -0.1) is 0 Å². The molecular weight excluding hydrogens is 169 g/mol. The van der Waals surface area contributed by atoms with Gasteiger partial charge in [0.15, 0.2) is 0 Å². The van der Waals surface area contributed by atoms with Gasteiger partial charge in [-0.1, -0.05) is 6.92 Å². The van der Waals surface area contributed by atoms with Gasteiger partial charge < -0.3 is 5.11 Å². The molecule has 3 heteroatoms. The Bertz CT molecular complexity index is 53.7. The summed E-state index contributed by atoms with van der Waals surface area (Å²) >= 11 is 0. The van der Waals surface area contributed by atoms with Crippen molar-refractivity contribution in [2.45, 2.75) is 19.8 Å². The minimum absolute atomic E-state index is 0. The summed E-state index contributed by atoms with van der Waals surface area (Å²) in [6.07, 6.45) is 1.02. The number of aliphatic carboxylic acids is 1. The van der Waals surface area contributed by atoms with Gasteiger partial charge in [0.2, 0.25) is 0 Å². The molecule has 7 heavy (non-hydrogen) atoms. The molecule has 2 nitrogen and oxygen atoms in total. The number of rotatable bonds is 2. The SMILES string of the molecule is CCCC(=O)O.[Y]. The maximum absolute atomic E-state index is 9.60. The smallest absolute Gasteiger partial charge is 0.303 e. The van der Waals surface area contributed by atoms with E-state index in [0.717, 1.165) is 6.42 Å². The zero-order valence-electron chi connectivity index (χ0n) is 4.35. The Morgan fingerprint density at radius 3 is 2.14 bits per heavy atom. The average Bonchev–Trinajstić information content (AvgIpc) is 1.35. The number of hydrogen-bond acceptors (Lipinski definition) is 1. The van der Waals surface area contributed by atoms with Gasteiger partial charge in [0.25, 0.3) is 0 Å². The molecule has 39 valence electrons. The molecule has 0 amide bonds.